The molecule has 19 heavy (non-hydrogen) atoms. The SMILES string of the molecule is OC(CSc1ccccc1Cl)c1cc(F)cc(Br)c1. The van der Waals surface area contributed by atoms with Gasteiger partial charge in [-0.05, 0) is 35.9 Å². The van der Waals surface area contributed by atoms with E-state index in [2.05, 4.69) is 15.9 Å². The number of hydrogen-bond donors (Lipinski definition) is 1. The molecule has 2 aromatic rings. The van der Waals surface area contributed by atoms with Crippen molar-refractivity contribution in [1.82, 2.24) is 0 Å². The molecule has 0 spiro atoms. The first kappa shape index (κ1) is 14.9. The quantitative estimate of drug-likeness (QED) is 0.767. The van der Waals surface area contributed by atoms with Crippen LogP contribution >= 0.6 is 39.3 Å². The molecule has 0 radical (unpaired) electrons. The Kier molecular flexibility index (Phi) is 5.28. The third-order valence-corrected chi connectivity index (χ3v) is 4.55. The summed E-state index contributed by atoms with van der Waals surface area (Å²) in [6, 6.07) is 11.8. The van der Waals surface area contributed by atoms with Gasteiger partial charge in [-0.25, -0.2) is 4.39 Å². The average molecular weight is 362 g/mol. The van der Waals surface area contributed by atoms with E-state index >= 15 is 0 Å². The van der Waals surface area contributed by atoms with E-state index in [0.29, 0.717) is 20.8 Å². The average Bonchev–Trinajstić information content (AvgIpc) is 2.36. The standard InChI is InChI=1S/C14H11BrClFOS/c15-10-5-9(6-11(17)7-10)13(18)8-19-14-4-2-1-3-12(14)16/h1-7,13,18H,8H2. The van der Waals surface area contributed by atoms with Gasteiger partial charge in [0.15, 0.2) is 0 Å². The van der Waals surface area contributed by atoms with Crippen molar-refractivity contribution < 1.29 is 9.50 Å². The van der Waals surface area contributed by atoms with Gasteiger partial charge < -0.3 is 5.11 Å². The molecule has 1 nitrogen and oxygen atoms in total. The Bertz CT molecular complexity index is 559. The van der Waals surface area contributed by atoms with Crippen LogP contribution < -0.4 is 0 Å². The monoisotopic (exact) mass is 360 g/mol. The summed E-state index contributed by atoms with van der Waals surface area (Å²) in [6.07, 6.45) is -0.742. The second kappa shape index (κ2) is 6.75. The van der Waals surface area contributed by atoms with Gasteiger partial charge in [0, 0.05) is 15.1 Å². The van der Waals surface area contributed by atoms with Crippen molar-refractivity contribution in [1.29, 1.82) is 0 Å². The van der Waals surface area contributed by atoms with Crippen LogP contribution in [0, 0.1) is 5.82 Å². The molecule has 0 aliphatic carbocycles. The number of hydrogen-bond acceptors (Lipinski definition) is 2. The van der Waals surface area contributed by atoms with E-state index in [0.717, 1.165) is 4.90 Å². The fraction of sp³-hybridized carbons (Fsp3) is 0.143. The summed E-state index contributed by atoms with van der Waals surface area (Å²) >= 11 is 10.7. The van der Waals surface area contributed by atoms with Crippen molar-refractivity contribution in [2.24, 2.45) is 0 Å². The van der Waals surface area contributed by atoms with E-state index in [-0.39, 0.29) is 5.82 Å². The Morgan fingerprint density at radius 1 is 1.26 bits per heavy atom. The maximum atomic E-state index is 13.2. The topological polar surface area (TPSA) is 20.2 Å². The molecule has 0 heterocycles. The van der Waals surface area contributed by atoms with Gasteiger partial charge in [0.05, 0.1) is 11.1 Å². The summed E-state index contributed by atoms with van der Waals surface area (Å²) in [7, 11) is 0. The number of thioether (sulfide) groups is 1. The zero-order chi connectivity index (χ0) is 13.8. The molecule has 0 saturated heterocycles. The molecule has 0 aliphatic heterocycles. The lowest BCUT2D eigenvalue weighted by molar-refractivity contribution is 0.203. The zero-order valence-electron chi connectivity index (χ0n) is 9.82. The van der Waals surface area contributed by atoms with Gasteiger partial charge in [-0.15, -0.1) is 11.8 Å². The molecule has 1 unspecified atom stereocenters. The Hall–Kier alpha value is -0.550. The minimum atomic E-state index is -0.742. The smallest absolute Gasteiger partial charge is 0.124 e. The highest BCUT2D eigenvalue weighted by Crippen LogP contribution is 2.31. The first-order valence-corrected chi connectivity index (χ1v) is 7.73. The molecule has 0 aromatic heterocycles. The third kappa shape index (κ3) is 4.21. The zero-order valence-corrected chi connectivity index (χ0v) is 13.0. The van der Waals surface area contributed by atoms with E-state index in [4.69, 9.17) is 11.6 Å². The second-order valence-electron chi connectivity index (χ2n) is 3.96. The number of halogens is 3. The maximum Gasteiger partial charge on any atom is 0.124 e. The van der Waals surface area contributed by atoms with Crippen LogP contribution in [0.25, 0.3) is 0 Å². The van der Waals surface area contributed by atoms with E-state index in [1.807, 2.05) is 18.2 Å². The number of aliphatic hydroxyl groups excluding tert-OH is 1. The van der Waals surface area contributed by atoms with Crippen LogP contribution in [0.3, 0.4) is 0 Å². The third-order valence-electron chi connectivity index (χ3n) is 2.50. The summed E-state index contributed by atoms with van der Waals surface area (Å²) < 4.78 is 13.9. The molecule has 0 amide bonds. The first-order valence-electron chi connectivity index (χ1n) is 5.57. The highest BCUT2D eigenvalue weighted by molar-refractivity contribution is 9.10. The van der Waals surface area contributed by atoms with Crippen molar-refractivity contribution in [3.05, 3.63) is 63.3 Å². The van der Waals surface area contributed by atoms with Gasteiger partial charge in [-0.3, -0.25) is 0 Å². The normalized spacial score (nSPS) is 12.4. The van der Waals surface area contributed by atoms with E-state index < -0.39 is 6.10 Å². The van der Waals surface area contributed by atoms with Crippen molar-refractivity contribution in [3.63, 3.8) is 0 Å². The summed E-state index contributed by atoms with van der Waals surface area (Å²) in [5.74, 6) is 0.0470. The second-order valence-corrected chi connectivity index (χ2v) is 6.34. The lowest BCUT2D eigenvalue weighted by Crippen LogP contribution is -2.01. The molecule has 1 N–H and O–H groups in total. The summed E-state index contributed by atoms with van der Waals surface area (Å²) in [6.45, 7) is 0. The lowest BCUT2D eigenvalue weighted by atomic mass is 10.1. The molecule has 2 aromatic carbocycles. The van der Waals surface area contributed by atoms with Crippen molar-refractivity contribution in [3.8, 4) is 0 Å². The molecule has 0 bridgehead atoms. The minimum Gasteiger partial charge on any atom is -0.388 e. The molecule has 0 fully saturated rings. The van der Waals surface area contributed by atoms with Crippen LogP contribution in [0.5, 0.6) is 0 Å². The van der Waals surface area contributed by atoms with Crippen molar-refractivity contribution in [2.45, 2.75) is 11.0 Å². The van der Waals surface area contributed by atoms with E-state index in [9.17, 15) is 9.50 Å². The fourth-order valence-electron chi connectivity index (χ4n) is 1.59. The molecular weight excluding hydrogens is 351 g/mol. The Balaban J connectivity index is 2.05. The molecule has 0 aliphatic rings. The molecule has 2 rings (SSSR count). The van der Waals surface area contributed by atoms with Crippen LogP contribution in [-0.2, 0) is 0 Å². The summed E-state index contributed by atoms with van der Waals surface area (Å²) in [4.78, 5) is 0.902. The highest BCUT2D eigenvalue weighted by atomic mass is 79.9. The first-order chi connectivity index (χ1) is 9.06. The van der Waals surface area contributed by atoms with Crippen molar-refractivity contribution >= 4 is 39.3 Å². The maximum absolute atomic E-state index is 13.2. The van der Waals surface area contributed by atoms with Gasteiger partial charge in [-0.1, -0.05) is 39.7 Å². The summed E-state index contributed by atoms with van der Waals surface area (Å²) in [5.41, 5.74) is 0.548. The van der Waals surface area contributed by atoms with Gasteiger partial charge in [0.25, 0.3) is 0 Å². The predicted molar refractivity (Wildman–Crippen MR) is 81.2 cm³/mol. The number of aliphatic hydroxyl groups is 1. The lowest BCUT2D eigenvalue weighted by Gasteiger charge is -2.12. The number of benzene rings is 2. The minimum absolute atomic E-state index is 0.369. The fourth-order valence-corrected chi connectivity index (χ4v) is 3.29. The van der Waals surface area contributed by atoms with Gasteiger partial charge in [0.2, 0.25) is 0 Å². The Morgan fingerprint density at radius 3 is 2.68 bits per heavy atom. The van der Waals surface area contributed by atoms with Gasteiger partial charge >= 0.3 is 0 Å². The molecule has 5 heteroatoms. The van der Waals surface area contributed by atoms with Gasteiger partial charge in [0.1, 0.15) is 5.82 Å². The van der Waals surface area contributed by atoms with Gasteiger partial charge in [-0.2, -0.15) is 0 Å². The highest BCUT2D eigenvalue weighted by Gasteiger charge is 2.11. The van der Waals surface area contributed by atoms with Crippen LogP contribution in [0.15, 0.2) is 51.8 Å². The molecule has 1 atom stereocenters. The van der Waals surface area contributed by atoms with E-state index in [1.165, 1.54) is 23.9 Å². The van der Waals surface area contributed by atoms with Crippen LogP contribution in [0.1, 0.15) is 11.7 Å². The molecule has 0 saturated carbocycles. The number of rotatable bonds is 4. The summed E-state index contributed by atoms with van der Waals surface area (Å²) in [5, 5.41) is 10.7. The largest absolute Gasteiger partial charge is 0.388 e. The van der Waals surface area contributed by atoms with Crippen molar-refractivity contribution in [2.75, 3.05) is 5.75 Å². The van der Waals surface area contributed by atoms with Crippen LogP contribution in [0.2, 0.25) is 5.02 Å². The van der Waals surface area contributed by atoms with E-state index in [1.54, 1.807) is 12.1 Å². The Labute approximate surface area is 128 Å². The van der Waals surface area contributed by atoms with Crippen LogP contribution in [0.4, 0.5) is 4.39 Å². The Morgan fingerprint density at radius 2 is 2.00 bits per heavy atom. The predicted octanol–water partition coefficient (Wildman–Crippen LogP) is 5.07. The molecule has 100 valence electrons. The molecular formula is C14H11BrClFOS. The van der Waals surface area contributed by atoms with Crippen LogP contribution in [-0.4, -0.2) is 10.9 Å².